The zero-order valence-corrected chi connectivity index (χ0v) is 9.78. The van der Waals surface area contributed by atoms with Gasteiger partial charge in [0.15, 0.2) is 5.69 Å². The maximum atomic E-state index is 8.90. The fourth-order valence-electron chi connectivity index (χ4n) is 1.54. The summed E-state index contributed by atoms with van der Waals surface area (Å²) in [7, 11) is 1.90. The third-order valence-electron chi connectivity index (χ3n) is 2.59. The molecule has 0 amide bonds. The Balaban J connectivity index is 2.57. The number of nitriles is 1. The van der Waals surface area contributed by atoms with Gasteiger partial charge in [0.2, 0.25) is 0 Å². The van der Waals surface area contributed by atoms with Gasteiger partial charge in [-0.25, -0.2) is 4.98 Å². The first-order valence-corrected chi connectivity index (χ1v) is 5.20. The van der Waals surface area contributed by atoms with Gasteiger partial charge >= 0.3 is 0 Å². The first kappa shape index (κ1) is 10.7. The molecule has 3 nitrogen and oxygen atoms in total. The number of nitrogens with zero attached hydrogens (tertiary/aromatic N) is 3. The monoisotopic (exact) mass is 231 g/mol. The summed E-state index contributed by atoms with van der Waals surface area (Å²) >= 11 is 5.82. The molecule has 0 N–H and O–H groups in total. The molecule has 0 saturated carbocycles. The summed E-state index contributed by atoms with van der Waals surface area (Å²) in [5.74, 6) is 0.783. The normalized spacial score (nSPS) is 10.1. The van der Waals surface area contributed by atoms with Crippen LogP contribution in [0.1, 0.15) is 11.4 Å². The van der Waals surface area contributed by atoms with Gasteiger partial charge in [0, 0.05) is 17.6 Å². The summed E-state index contributed by atoms with van der Waals surface area (Å²) in [6, 6.07) is 9.49. The van der Waals surface area contributed by atoms with Crippen LogP contribution in [-0.4, -0.2) is 9.55 Å². The molecule has 0 unspecified atom stereocenters. The second-order valence-corrected chi connectivity index (χ2v) is 3.98. The average molecular weight is 232 g/mol. The summed E-state index contributed by atoms with van der Waals surface area (Å²) < 4.78 is 1.90. The Morgan fingerprint density at radius 2 is 1.94 bits per heavy atom. The number of imidazole rings is 1. The molecule has 0 bridgehead atoms. The van der Waals surface area contributed by atoms with E-state index < -0.39 is 0 Å². The quantitative estimate of drug-likeness (QED) is 0.757. The molecule has 0 atom stereocenters. The highest BCUT2D eigenvalue weighted by Gasteiger charge is 2.11. The minimum Gasteiger partial charge on any atom is -0.330 e. The summed E-state index contributed by atoms with van der Waals surface area (Å²) in [5.41, 5.74) is 2.29. The SMILES string of the molecule is Cc1c(C#N)nc(-c2ccc(Cl)cc2)n1C. The predicted molar refractivity (Wildman–Crippen MR) is 63.1 cm³/mol. The molecule has 2 aromatic rings. The van der Waals surface area contributed by atoms with E-state index in [1.165, 1.54) is 0 Å². The highest BCUT2D eigenvalue weighted by Crippen LogP contribution is 2.22. The van der Waals surface area contributed by atoms with Crippen molar-refractivity contribution < 1.29 is 0 Å². The van der Waals surface area contributed by atoms with Crippen molar-refractivity contribution in [3.05, 3.63) is 40.7 Å². The molecule has 0 aliphatic heterocycles. The largest absolute Gasteiger partial charge is 0.330 e. The molecule has 2 rings (SSSR count). The number of aromatic nitrogens is 2. The third kappa shape index (κ3) is 1.68. The number of hydrogen-bond acceptors (Lipinski definition) is 2. The average Bonchev–Trinajstić information content (AvgIpc) is 2.57. The summed E-state index contributed by atoms with van der Waals surface area (Å²) in [6.07, 6.45) is 0. The molecule has 80 valence electrons. The molecule has 0 aliphatic carbocycles. The van der Waals surface area contributed by atoms with Crippen LogP contribution < -0.4 is 0 Å². The molecular weight excluding hydrogens is 222 g/mol. The molecule has 1 aromatic heterocycles. The standard InChI is InChI=1S/C12H10ClN3/c1-8-11(7-14)15-12(16(8)2)9-3-5-10(13)6-4-9/h3-6H,1-2H3. The Hall–Kier alpha value is -1.79. The molecule has 0 aliphatic rings. The van der Waals surface area contributed by atoms with Crippen LogP contribution in [0.15, 0.2) is 24.3 Å². The van der Waals surface area contributed by atoms with Crippen LogP contribution in [0.4, 0.5) is 0 Å². The van der Waals surface area contributed by atoms with Gasteiger partial charge in [-0.3, -0.25) is 0 Å². The lowest BCUT2D eigenvalue weighted by Gasteiger charge is -2.02. The molecular formula is C12H10ClN3. The molecule has 0 radical (unpaired) electrons. The van der Waals surface area contributed by atoms with Gasteiger partial charge in [-0.05, 0) is 31.2 Å². The zero-order valence-electron chi connectivity index (χ0n) is 9.03. The van der Waals surface area contributed by atoms with Crippen molar-refractivity contribution in [2.24, 2.45) is 7.05 Å². The van der Waals surface area contributed by atoms with E-state index in [1.807, 2.05) is 42.8 Å². The van der Waals surface area contributed by atoms with Crippen molar-refractivity contribution in [3.63, 3.8) is 0 Å². The van der Waals surface area contributed by atoms with Crippen LogP contribution in [-0.2, 0) is 7.05 Å². The second-order valence-electron chi connectivity index (χ2n) is 3.55. The van der Waals surface area contributed by atoms with Crippen molar-refractivity contribution in [1.29, 1.82) is 5.26 Å². The van der Waals surface area contributed by atoms with E-state index in [0.717, 1.165) is 17.1 Å². The van der Waals surface area contributed by atoms with Crippen LogP contribution in [0.2, 0.25) is 5.02 Å². The van der Waals surface area contributed by atoms with Crippen LogP contribution in [0, 0.1) is 18.3 Å². The lowest BCUT2D eigenvalue weighted by molar-refractivity contribution is 0.883. The molecule has 0 spiro atoms. The first-order chi connectivity index (χ1) is 7.63. The summed E-state index contributed by atoms with van der Waals surface area (Å²) in [5, 5.41) is 9.59. The van der Waals surface area contributed by atoms with Crippen molar-refractivity contribution in [2.75, 3.05) is 0 Å². The van der Waals surface area contributed by atoms with Gasteiger partial charge in [0.25, 0.3) is 0 Å². The van der Waals surface area contributed by atoms with Crippen molar-refractivity contribution in [1.82, 2.24) is 9.55 Å². The Morgan fingerprint density at radius 1 is 1.31 bits per heavy atom. The molecule has 4 heteroatoms. The molecule has 1 heterocycles. The van der Waals surface area contributed by atoms with Gasteiger partial charge in [-0.15, -0.1) is 0 Å². The summed E-state index contributed by atoms with van der Waals surface area (Å²) in [6.45, 7) is 1.88. The summed E-state index contributed by atoms with van der Waals surface area (Å²) in [4.78, 5) is 4.29. The Bertz CT molecular complexity index is 561. The van der Waals surface area contributed by atoms with Gasteiger partial charge in [0.05, 0.1) is 5.69 Å². The van der Waals surface area contributed by atoms with Crippen LogP contribution in [0.3, 0.4) is 0 Å². The Kier molecular flexibility index (Phi) is 2.67. The van der Waals surface area contributed by atoms with Crippen molar-refractivity contribution in [2.45, 2.75) is 6.92 Å². The minimum atomic E-state index is 0.465. The second kappa shape index (κ2) is 3.99. The maximum absolute atomic E-state index is 8.90. The lowest BCUT2D eigenvalue weighted by Crippen LogP contribution is -1.94. The van der Waals surface area contributed by atoms with E-state index in [1.54, 1.807) is 0 Å². The zero-order chi connectivity index (χ0) is 11.7. The van der Waals surface area contributed by atoms with Crippen molar-refractivity contribution >= 4 is 11.6 Å². The van der Waals surface area contributed by atoms with Gasteiger partial charge in [0.1, 0.15) is 11.9 Å². The molecule has 0 fully saturated rings. The lowest BCUT2D eigenvalue weighted by atomic mass is 10.2. The number of rotatable bonds is 1. The van der Waals surface area contributed by atoms with Crippen molar-refractivity contribution in [3.8, 4) is 17.5 Å². The fraction of sp³-hybridized carbons (Fsp3) is 0.167. The Labute approximate surface area is 98.9 Å². The first-order valence-electron chi connectivity index (χ1n) is 4.83. The van der Waals surface area contributed by atoms with Crippen LogP contribution in [0.5, 0.6) is 0 Å². The van der Waals surface area contributed by atoms with Gasteiger partial charge in [-0.2, -0.15) is 5.26 Å². The Morgan fingerprint density at radius 3 is 2.44 bits per heavy atom. The topological polar surface area (TPSA) is 41.6 Å². The number of benzene rings is 1. The van der Waals surface area contributed by atoms with E-state index in [2.05, 4.69) is 11.1 Å². The number of hydrogen-bond donors (Lipinski definition) is 0. The predicted octanol–water partition coefficient (Wildman–Crippen LogP) is 2.92. The fourth-order valence-corrected chi connectivity index (χ4v) is 1.67. The van der Waals surface area contributed by atoms with Gasteiger partial charge in [-0.1, -0.05) is 11.6 Å². The smallest absolute Gasteiger partial charge is 0.162 e. The maximum Gasteiger partial charge on any atom is 0.162 e. The molecule has 16 heavy (non-hydrogen) atoms. The highest BCUT2D eigenvalue weighted by molar-refractivity contribution is 6.30. The minimum absolute atomic E-state index is 0.465. The van der Waals surface area contributed by atoms with E-state index >= 15 is 0 Å². The van der Waals surface area contributed by atoms with Gasteiger partial charge < -0.3 is 4.57 Å². The van der Waals surface area contributed by atoms with Crippen LogP contribution >= 0.6 is 11.6 Å². The van der Waals surface area contributed by atoms with Crippen LogP contribution in [0.25, 0.3) is 11.4 Å². The van der Waals surface area contributed by atoms with E-state index in [0.29, 0.717) is 10.7 Å². The molecule has 1 aromatic carbocycles. The highest BCUT2D eigenvalue weighted by atomic mass is 35.5. The van der Waals surface area contributed by atoms with E-state index in [9.17, 15) is 0 Å². The number of halogens is 1. The van der Waals surface area contributed by atoms with E-state index in [4.69, 9.17) is 16.9 Å². The van der Waals surface area contributed by atoms with E-state index in [-0.39, 0.29) is 0 Å². The molecule has 0 saturated heterocycles. The third-order valence-corrected chi connectivity index (χ3v) is 2.84.